The Labute approximate surface area is 195 Å². The Kier molecular flexibility index (Phi) is 7.44. The molecule has 10 heteroatoms. The number of nitrogens with zero attached hydrogens (tertiary/aromatic N) is 2. The predicted molar refractivity (Wildman–Crippen MR) is 125 cm³/mol. The highest BCUT2D eigenvalue weighted by Crippen LogP contribution is 2.38. The number of aliphatic imine (C=N–C) groups is 1. The second kappa shape index (κ2) is 10.3. The average molecular weight is 474 g/mol. The number of aromatic nitrogens is 2. The second-order valence-corrected chi connectivity index (χ2v) is 7.32. The molecule has 0 amide bonds. The molecule has 3 aromatic rings. The van der Waals surface area contributed by atoms with Gasteiger partial charge >= 0.3 is 5.97 Å². The van der Waals surface area contributed by atoms with Crippen LogP contribution in [0.15, 0.2) is 46.2 Å². The number of hydrogen-bond donors (Lipinski definition) is 1. The number of benzene rings is 2. The van der Waals surface area contributed by atoms with Crippen LogP contribution in [0.4, 0.5) is 5.69 Å². The van der Waals surface area contributed by atoms with Crippen molar-refractivity contribution < 1.29 is 23.7 Å². The molecule has 0 aliphatic carbocycles. The summed E-state index contributed by atoms with van der Waals surface area (Å²) in [5.74, 6) is 0.956. The lowest BCUT2D eigenvalue weighted by Crippen LogP contribution is -2.20. The van der Waals surface area contributed by atoms with E-state index in [2.05, 4.69) is 10.1 Å². The summed E-state index contributed by atoms with van der Waals surface area (Å²) in [6, 6.07) is 10.1. The van der Waals surface area contributed by atoms with Crippen molar-refractivity contribution >= 4 is 29.0 Å². The van der Waals surface area contributed by atoms with E-state index < -0.39 is 5.97 Å². The van der Waals surface area contributed by atoms with Crippen LogP contribution < -0.4 is 19.8 Å². The molecular weight excluding hydrogens is 450 g/mol. The third-order valence-corrected chi connectivity index (χ3v) is 5.24. The molecule has 1 aromatic heterocycles. The standard InChI is InChI=1S/C23H24ClN3O6/c1-13(25-17-11-19(31-3)16(24)10-20(17)32-4)22-18(12-21(28)33-5)26-27(23(22)29)14-6-8-15(30-2)9-7-14/h6-11,26H,12H2,1-5H3. The van der Waals surface area contributed by atoms with Crippen molar-refractivity contribution in [2.75, 3.05) is 28.4 Å². The molecular formula is C23H24ClN3O6. The van der Waals surface area contributed by atoms with Crippen LogP contribution in [-0.2, 0) is 16.0 Å². The molecule has 9 nitrogen and oxygen atoms in total. The zero-order valence-corrected chi connectivity index (χ0v) is 19.6. The number of carbonyl (C=O) groups excluding carboxylic acids is 1. The maximum absolute atomic E-state index is 13.4. The Bertz CT molecular complexity index is 1240. The van der Waals surface area contributed by atoms with Crippen LogP contribution in [0.5, 0.6) is 17.2 Å². The smallest absolute Gasteiger partial charge is 0.311 e. The van der Waals surface area contributed by atoms with E-state index in [1.165, 1.54) is 26.0 Å². The number of ether oxygens (including phenoxy) is 4. The average Bonchev–Trinajstić information content (AvgIpc) is 3.15. The first-order valence-electron chi connectivity index (χ1n) is 9.85. The summed E-state index contributed by atoms with van der Waals surface area (Å²) in [7, 11) is 5.82. The van der Waals surface area contributed by atoms with Crippen molar-refractivity contribution in [2.45, 2.75) is 13.3 Å². The minimum absolute atomic E-state index is 0.141. The number of H-pyrrole nitrogens is 1. The van der Waals surface area contributed by atoms with Crippen LogP contribution >= 0.6 is 11.6 Å². The van der Waals surface area contributed by atoms with Gasteiger partial charge < -0.3 is 18.9 Å². The van der Waals surface area contributed by atoms with Gasteiger partial charge in [-0.25, -0.2) is 9.67 Å². The number of aromatic amines is 1. The van der Waals surface area contributed by atoms with Crippen molar-refractivity contribution in [3.63, 3.8) is 0 Å². The first-order valence-corrected chi connectivity index (χ1v) is 10.2. The molecule has 0 aliphatic rings. The topological polar surface area (TPSA) is 104 Å². The Morgan fingerprint density at radius 2 is 1.70 bits per heavy atom. The summed E-state index contributed by atoms with van der Waals surface area (Å²) in [6.45, 7) is 1.67. The molecule has 3 rings (SSSR count). The van der Waals surface area contributed by atoms with E-state index in [9.17, 15) is 9.59 Å². The van der Waals surface area contributed by atoms with Crippen LogP contribution in [0.1, 0.15) is 18.2 Å². The number of hydrogen-bond acceptors (Lipinski definition) is 7. The Morgan fingerprint density at radius 3 is 2.27 bits per heavy atom. The van der Waals surface area contributed by atoms with Gasteiger partial charge in [0, 0.05) is 12.1 Å². The molecule has 0 fully saturated rings. The summed E-state index contributed by atoms with van der Waals surface area (Å²) in [6.07, 6.45) is -0.141. The van der Waals surface area contributed by atoms with Crippen LogP contribution in [0, 0.1) is 0 Å². The minimum Gasteiger partial charge on any atom is -0.497 e. The number of methoxy groups -OCH3 is 4. The lowest BCUT2D eigenvalue weighted by Gasteiger charge is -2.10. The van der Waals surface area contributed by atoms with E-state index in [4.69, 9.17) is 30.5 Å². The minimum atomic E-state index is -0.502. The molecule has 1 heterocycles. The SMILES string of the molecule is COC(=O)Cc1[nH]n(-c2ccc(OC)cc2)c(=O)c1C(C)=Nc1cc(OC)c(Cl)cc1OC. The second-order valence-electron chi connectivity index (χ2n) is 6.91. The molecule has 174 valence electrons. The predicted octanol–water partition coefficient (Wildman–Crippen LogP) is 3.70. The van der Waals surface area contributed by atoms with Crippen molar-refractivity contribution in [3.05, 3.63) is 63.0 Å². The molecule has 1 N–H and O–H groups in total. The highest BCUT2D eigenvalue weighted by Gasteiger charge is 2.21. The van der Waals surface area contributed by atoms with Crippen molar-refractivity contribution in [3.8, 4) is 22.9 Å². The highest BCUT2D eigenvalue weighted by molar-refractivity contribution is 6.32. The first kappa shape index (κ1) is 23.9. The molecule has 0 unspecified atom stereocenters. The molecule has 0 spiro atoms. The third kappa shape index (κ3) is 5.04. The lowest BCUT2D eigenvalue weighted by molar-refractivity contribution is -0.139. The molecule has 0 bridgehead atoms. The summed E-state index contributed by atoms with van der Waals surface area (Å²) in [4.78, 5) is 30.0. The number of halogens is 1. The molecule has 0 atom stereocenters. The normalized spacial score (nSPS) is 11.3. The van der Waals surface area contributed by atoms with E-state index in [0.29, 0.717) is 45.1 Å². The number of esters is 1. The number of nitrogens with one attached hydrogen (secondary N) is 1. The molecule has 2 aromatic carbocycles. The summed E-state index contributed by atoms with van der Waals surface area (Å²) >= 11 is 6.18. The van der Waals surface area contributed by atoms with E-state index in [1.54, 1.807) is 50.4 Å². The molecule has 0 saturated heterocycles. The van der Waals surface area contributed by atoms with Gasteiger partial charge in [-0.15, -0.1) is 0 Å². The van der Waals surface area contributed by atoms with E-state index >= 15 is 0 Å². The molecule has 0 aliphatic heterocycles. The van der Waals surface area contributed by atoms with Gasteiger partial charge in [0.25, 0.3) is 5.56 Å². The Balaban J connectivity index is 2.17. The highest BCUT2D eigenvalue weighted by atomic mass is 35.5. The lowest BCUT2D eigenvalue weighted by atomic mass is 10.1. The summed E-state index contributed by atoms with van der Waals surface area (Å²) in [5, 5.41) is 3.36. The van der Waals surface area contributed by atoms with Gasteiger partial charge in [0.2, 0.25) is 0 Å². The van der Waals surface area contributed by atoms with Crippen LogP contribution in [0.3, 0.4) is 0 Å². The zero-order chi connectivity index (χ0) is 24.1. The van der Waals surface area contributed by atoms with Crippen molar-refractivity contribution in [1.29, 1.82) is 0 Å². The molecule has 0 radical (unpaired) electrons. The van der Waals surface area contributed by atoms with Crippen LogP contribution in [0.2, 0.25) is 5.02 Å². The third-order valence-electron chi connectivity index (χ3n) is 4.95. The van der Waals surface area contributed by atoms with Gasteiger partial charge in [-0.05, 0) is 31.2 Å². The van der Waals surface area contributed by atoms with Gasteiger partial charge in [0.15, 0.2) is 0 Å². The van der Waals surface area contributed by atoms with Gasteiger partial charge in [-0.3, -0.25) is 14.7 Å². The molecule has 33 heavy (non-hydrogen) atoms. The van der Waals surface area contributed by atoms with Gasteiger partial charge in [0.05, 0.1) is 62.5 Å². The molecule has 0 saturated carbocycles. The monoisotopic (exact) mass is 473 g/mol. The van der Waals surface area contributed by atoms with Crippen LogP contribution in [-0.4, -0.2) is 49.9 Å². The largest absolute Gasteiger partial charge is 0.497 e. The fourth-order valence-electron chi connectivity index (χ4n) is 3.28. The van der Waals surface area contributed by atoms with Crippen LogP contribution in [0.25, 0.3) is 5.69 Å². The van der Waals surface area contributed by atoms with Crippen molar-refractivity contribution in [1.82, 2.24) is 9.78 Å². The number of rotatable bonds is 8. The summed E-state index contributed by atoms with van der Waals surface area (Å²) < 4.78 is 22.0. The summed E-state index contributed by atoms with van der Waals surface area (Å²) in [5.41, 5.74) is 1.58. The van der Waals surface area contributed by atoms with Gasteiger partial charge in [0.1, 0.15) is 22.9 Å². The maximum atomic E-state index is 13.4. The van der Waals surface area contributed by atoms with E-state index in [1.807, 2.05) is 0 Å². The van der Waals surface area contributed by atoms with Gasteiger partial charge in [-0.2, -0.15) is 0 Å². The van der Waals surface area contributed by atoms with Gasteiger partial charge in [-0.1, -0.05) is 11.6 Å². The quantitative estimate of drug-likeness (QED) is 0.395. The fraction of sp³-hybridized carbons (Fsp3) is 0.261. The van der Waals surface area contributed by atoms with E-state index in [-0.39, 0.29) is 17.5 Å². The Hall–Kier alpha value is -3.72. The van der Waals surface area contributed by atoms with E-state index in [0.717, 1.165) is 0 Å². The zero-order valence-electron chi connectivity index (χ0n) is 18.9. The number of carbonyl (C=O) groups is 1. The first-order chi connectivity index (χ1) is 15.8. The maximum Gasteiger partial charge on any atom is 0.311 e. The Morgan fingerprint density at radius 1 is 1.03 bits per heavy atom. The van der Waals surface area contributed by atoms with Crippen molar-refractivity contribution in [2.24, 2.45) is 4.99 Å². The fourth-order valence-corrected chi connectivity index (χ4v) is 3.51.